The van der Waals surface area contributed by atoms with Crippen LogP contribution >= 0.6 is 23.4 Å². The summed E-state index contributed by atoms with van der Waals surface area (Å²) < 4.78 is 1.57. The molecule has 2 aromatic heterocycles. The van der Waals surface area contributed by atoms with Gasteiger partial charge in [0.15, 0.2) is 5.50 Å². The van der Waals surface area contributed by atoms with Gasteiger partial charge in [-0.25, -0.2) is 4.68 Å². The molecule has 7 nitrogen and oxygen atoms in total. The number of nitrogens with one attached hydrogen (secondary N) is 1. The number of aromatic amines is 1. The summed E-state index contributed by atoms with van der Waals surface area (Å²) in [6.45, 7) is 4.22. The predicted octanol–water partition coefficient (Wildman–Crippen LogP) is 3.55. The van der Waals surface area contributed by atoms with Crippen molar-refractivity contribution < 1.29 is 4.79 Å². The fourth-order valence-electron chi connectivity index (χ4n) is 3.64. The molecule has 1 aliphatic heterocycles. The zero-order chi connectivity index (χ0) is 22.1. The number of hydrogen-bond donors (Lipinski definition) is 2. The zero-order valence-corrected chi connectivity index (χ0v) is 18.7. The van der Waals surface area contributed by atoms with Crippen LogP contribution in [-0.2, 0) is 17.8 Å². The number of primary amides is 1. The van der Waals surface area contributed by atoms with Gasteiger partial charge in [-0.15, -0.1) is 0 Å². The lowest BCUT2D eigenvalue weighted by Crippen LogP contribution is -2.32. The van der Waals surface area contributed by atoms with Crippen molar-refractivity contribution in [2.45, 2.75) is 32.3 Å². The van der Waals surface area contributed by atoms with E-state index in [9.17, 15) is 9.59 Å². The van der Waals surface area contributed by atoms with Crippen molar-refractivity contribution >= 4 is 29.3 Å². The molecule has 0 radical (unpaired) electrons. The van der Waals surface area contributed by atoms with Crippen molar-refractivity contribution in [1.82, 2.24) is 19.7 Å². The van der Waals surface area contributed by atoms with Crippen LogP contribution in [-0.4, -0.2) is 25.6 Å². The van der Waals surface area contributed by atoms with Crippen LogP contribution in [0.3, 0.4) is 0 Å². The fraction of sp³-hybridized carbons (Fsp3) is 0.227. The number of thioether (sulfide) groups is 1. The molecule has 0 aliphatic carbocycles. The maximum Gasteiger partial charge on any atom is 0.272 e. The molecule has 1 amide bonds. The van der Waals surface area contributed by atoms with Crippen LogP contribution < -0.4 is 11.3 Å². The Morgan fingerprint density at radius 1 is 1.23 bits per heavy atom. The van der Waals surface area contributed by atoms with E-state index in [1.54, 1.807) is 17.1 Å². The molecule has 3 heterocycles. The number of carbonyl (C=O) groups excluding carboxylic acids is 1. The standard InChI is InChI=1S/C22H22ClN5O2S/c1-13-18(10-15-5-7-17(23)8-6-15)21(30)28(26-13)22-27(12-16-4-3-9-25-11-16)14(2)19(31-22)20(24)29/h3-9,11,22,26H,10,12H2,1-2H3,(H2,24,29). The molecule has 31 heavy (non-hydrogen) atoms. The highest BCUT2D eigenvalue weighted by atomic mass is 35.5. The number of nitrogens with zero attached hydrogens (tertiary/aromatic N) is 3. The average Bonchev–Trinajstić information content (AvgIpc) is 3.21. The van der Waals surface area contributed by atoms with Crippen LogP contribution in [0.15, 0.2) is 64.2 Å². The summed E-state index contributed by atoms with van der Waals surface area (Å²) in [6.07, 6.45) is 3.96. The SMILES string of the molecule is CC1=C(C(N)=O)SC(n2[nH]c(C)c(Cc3ccc(Cl)cc3)c2=O)N1Cc1cccnc1. The molecule has 9 heteroatoms. The first-order valence-electron chi connectivity index (χ1n) is 9.72. The van der Waals surface area contributed by atoms with Gasteiger partial charge in [-0.1, -0.05) is 41.6 Å². The molecule has 3 N–H and O–H groups in total. The van der Waals surface area contributed by atoms with E-state index in [1.807, 2.05) is 55.1 Å². The summed E-state index contributed by atoms with van der Waals surface area (Å²) in [5.41, 5.74) is 9.19. The lowest BCUT2D eigenvalue weighted by Gasteiger charge is -2.27. The van der Waals surface area contributed by atoms with Crippen LogP contribution in [0, 0.1) is 6.92 Å². The maximum atomic E-state index is 13.3. The van der Waals surface area contributed by atoms with Gasteiger partial charge in [-0.3, -0.25) is 19.7 Å². The van der Waals surface area contributed by atoms with E-state index in [1.165, 1.54) is 11.8 Å². The third-order valence-electron chi connectivity index (χ3n) is 5.28. The van der Waals surface area contributed by atoms with E-state index < -0.39 is 11.4 Å². The van der Waals surface area contributed by atoms with Crippen LogP contribution in [0.2, 0.25) is 5.02 Å². The average molecular weight is 456 g/mol. The molecule has 1 atom stereocenters. The summed E-state index contributed by atoms with van der Waals surface area (Å²) in [6, 6.07) is 11.3. The summed E-state index contributed by atoms with van der Waals surface area (Å²) in [7, 11) is 0. The molecular formula is C22H22ClN5O2S. The minimum absolute atomic E-state index is 0.125. The summed E-state index contributed by atoms with van der Waals surface area (Å²) in [5, 5.41) is 3.86. The largest absolute Gasteiger partial charge is 0.365 e. The second-order valence-electron chi connectivity index (χ2n) is 7.41. The number of pyridine rings is 1. The number of carbonyl (C=O) groups is 1. The lowest BCUT2D eigenvalue weighted by molar-refractivity contribution is -0.114. The quantitative estimate of drug-likeness (QED) is 0.592. The van der Waals surface area contributed by atoms with Gasteiger partial charge in [0.25, 0.3) is 11.5 Å². The molecule has 0 spiro atoms. The number of aromatic nitrogens is 3. The second kappa shape index (κ2) is 8.64. The Labute approximate surface area is 188 Å². The molecule has 1 aliphatic rings. The van der Waals surface area contributed by atoms with Crippen molar-refractivity contribution in [3.05, 3.63) is 97.2 Å². The van der Waals surface area contributed by atoms with Crippen molar-refractivity contribution in [2.24, 2.45) is 5.73 Å². The van der Waals surface area contributed by atoms with E-state index in [-0.39, 0.29) is 5.56 Å². The molecular weight excluding hydrogens is 434 g/mol. The monoisotopic (exact) mass is 455 g/mol. The topological polar surface area (TPSA) is 97.0 Å². The minimum Gasteiger partial charge on any atom is -0.365 e. The zero-order valence-electron chi connectivity index (χ0n) is 17.1. The molecule has 0 saturated carbocycles. The lowest BCUT2D eigenvalue weighted by atomic mass is 10.1. The van der Waals surface area contributed by atoms with Gasteiger partial charge in [0.1, 0.15) is 0 Å². The maximum absolute atomic E-state index is 13.3. The van der Waals surface area contributed by atoms with Crippen LogP contribution in [0.1, 0.15) is 34.8 Å². The second-order valence-corrected chi connectivity index (χ2v) is 8.91. The van der Waals surface area contributed by atoms with E-state index in [2.05, 4.69) is 10.1 Å². The van der Waals surface area contributed by atoms with Crippen molar-refractivity contribution in [3.63, 3.8) is 0 Å². The highest BCUT2D eigenvalue weighted by Gasteiger charge is 2.36. The summed E-state index contributed by atoms with van der Waals surface area (Å²) in [4.78, 5) is 32.0. The first-order valence-corrected chi connectivity index (χ1v) is 11.0. The fourth-order valence-corrected chi connectivity index (χ4v) is 4.99. The number of benzene rings is 1. The molecule has 0 saturated heterocycles. The van der Waals surface area contributed by atoms with Crippen molar-refractivity contribution in [1.29, 1.82) is 0 Å². The summed E-state index contributed by atoms with van der Waals surface area (Å²) >= 11 is 7.25. The summed E-state index contributed by atoms with van der Waals surface area (Å²) in [5.74, 6) is -0.501. The molecule has 3 aromatic rings. The highest BCUT2D eigenvalue weighted by Crippen LogP contribution is 2.44. The first kappa shape index (κ1) is 21.3. The van der Waals surface area contributed by atoms with Gasteiger partial charge in [0.2, 0.25) is 0 Å². The van der Waals surface area contributed by atoms with Gasteiger partial charge in [0.05, 0.1) is 4.91 Å². The Kier molecular flexibility index (Phi) is 5.93. The van der Waals surface area contributed by atoms with Gasteiger partial charge >= 0.3 is 0 Å². The van der Waals surface area contributed by atoms with Crippen molar-refractivity contribution in [2.75, 3.05) is 0 Å². The van der Waals surface area contributed by atoms with Gasteiger partial charge in [0, 0.05) is 47.3 Å². The normalized spacial score (nSPS) is 16.2. The van der Waals surface area contributed by atoms with E-state index >= 15 is 0 Å². The number of hydrogen-bond acceptors (Lipinski definition) is 5. The Morgan fingerprint density at radius 3 is 2.61 bits per heavy atom. The Hall–Kier alpha value is -2.97. The number of allylic oxidation sites excluding steroid dienone is 1. The molecule has 4 rings (SSSR count). The smallest absolute Gasteiger partial charge is 0.272 e. The van der Waals surface area contributed by atoms with Gasteiger partial charge in [-0.05, 0) is 43.2 Å². The molecule has 0 fully saturated rings. The first-order chi connectivity index (χ1) is 14.8. The molecule has 0 bridgehead atoms. The number of H-pyrrole nitrogens is 1. The molecule has 1 unspecified atom stereocenters. The number of amides is 1. The Bertz CT molecular complexity index is 1200. The van der Waals surface area contributed by atoms with Crippen LogP contribution in [0.25, 0.3) is 0 Å². The predicted molar refractivity (Wildman–Crippen MR) is 122 cm³/mol. The van der Waals surface area contributed by atoms with Gasteiger partial charge in [-0.2, -0.15) is 0 Å². The van der Waals surface area contributed by atoms with E-state index in [0.29, 0.717) is 28.5 Å². The number of aryl methyl sites for hydroxylation is 1. The Morgan fingerprint density at radius 2 is 1.97 bits per heavy atom. The van der Waals surface area contributed by atoms with Crippen molar-refractivity contribution in [3.8, 4) is 0 Å². The third kappa shape index (κ3) is 4.26. The number of nitrogens with two attached hydrogens (primary N) is 1. The molecule has 160 valence electrons. The highest BCUT2D eigenvalue weighted by molar-refractivity contribution is 8.04. The van der Waals surface area contributed by atoms with Crippen LogP contribution in [0.5, 0.6) is 0 Å². The minimum atomic E-state index is -0.501. The van der Waals surface area contributed by atoms with Gasteiger partial charge < -0.3 is 10.6 Å². The number of rotatable bonds is 6. The third-order valence-corrected chi connectivity index (χ3v) is 6.94. The number of halogens is 1. The Balaban J connectivity index is 1.69. The molecule has 1 aromatic carbocycles. The van der Waals surface area contributed by atoms with Crippen LogP contribution in [0.4, 0.5) is 0 Å². The van der Waals surface area contributed by atoms with E-state index in [4.69, 9.17) is 17.3 Å². The van der Waals surface area contributed by atoms with E-state index in [0.717, 1.165) is 22.5 Å².